The zero-order valence-electron chi connectivity index (χ0n) is 16.5. The molecular formula is C22H34N2OS. The first-order chi connectivity index (χ1) is 12.3. The normalized spacial score (nSPS) is 47.3. The van der Waals surface area contributed by atoms with Gasteiger partial charge in [-0.2, -0.15) is 0 Å². The maximum atomic E-state index is 12.2. The summed E-state index contributed by atoms with van der Waals surface area (Å²) in [6.45, 7) is 6.76. The van der Waals surface area contributed by atoms with Crippen LogP contribution >= 0.6 is 11.8 Å². The van der Waals surface area contributed by atoms with Crippen molar-refractivity contribution in [1.82, 2.24) is 0 Å². The number of carbonyl (C=O) groups excluding carboxylic acids is 1. The smallest absolute Gasteiger partial charge is 0.151 e. The van der Waals surface area contributed by atoms with Gasteiger partial charge < -0.3 is 5.73 Å². The molecule has 0 saturated heterocycles. The molecule has 4 heteroatoms. The van der Waals surface area contributed by atoms with E-state index in [0.29, 0.717) is 22.4 Å². The molecule has 0 spiro atoms. The van der Waals surface area contributed by atoms with Gasteiger partial charge in [-0.25, -0.2) is 0 Å². The Hall–Kier alpha value is -0.770. The van der Waals surface area contributed by atoms with E-state index in [4.69, 9.17) is 11.1 Å². The van der Waals surface area contributed by atoms with Gasteiger partial charge in [-0.15, -0.1) is 0 Å². The lowest BCUT2D eigenvalue weighted by Crippen LogP contribution is -2.50. The number of rotatable bonds is 2. The summed E-state index contributed by atoms with van der Waals surface area (Å²) in [6.07, 6.45) is 12.2. The maximum absolute atomic E-state index is 12.2. The van der Waals surface area contributed by atoms with Crippen molar-refractivity contribution in [2.45, 2.75) is 77.4 Å². The third-order valence-corrected chi connectivity index (χ3v) is 9.83. The molecule has 3 saturated carbocycles. The van der Waals surface area contributed by atoms with E-state index in [1.54, 1.807) is 17.3 Å². The van der Waals surface area contributed by atoms with Crippen LogP contribution < -0.4 is 5.73 Å². The number of nitrogens with two attached hydrogens (primary N) is 1. The van der Waals surface area contributed by atoms with Crippen LogP contribution in [0.25, 0.3) is 0 Å². The molecule has 0 aliphatic heterocycles. The van der Waals surface area contributed by atoms with Crippen molar-refractivity contribution in [3.8, 4) is 0 Å². The van der Waals surface area contributed by atoms with E-state index >= 15 is 0 Å². The summed E-state index contributed by atoms with van der Waals surface area (Å²) in [6, 6.07) is 0. The summed E-state index contributed by atoms with van der Waals surface area (Å²) in [5, 5.41) is 8.37. The lowest BCUT2D eigenvalue weighted by Gasteiger charge is -2.58. The lowest BCUT2D eigenvalue weighted by atomic mass is 9.47. The van der Waals surface area contributed by atoms with Crippen LogP contribution in [0.2, 0.25) is 0 Å². The second-order valence-electron chi connectivity index (χ2n) is 9.89. The first-order valence-corrected chi connectivity index (χ1v) is 11.3. The molecule has 0 bridgehead atoms. The fourth-order valence-corrected chi connectivity index (χ4v) is 8.43. The summed E-state index contributed by atoms with van der Waals surface area (Å²) in [5.41, 5.74) is 7.87. The number of thioether (sulfide) groups is 1. The zero-order valence-corrected chi connectivity index (χ0v) is 17.3. The third-order valence-electron chi connectivity index (χ3n) is 8.84. The summed E-state index contributed by atoms with van der Waals surface area (Å²) >= 11 is 1.56. The van der Waals surface area contributed by atoms with E-state index in [1.165, 1.54) is 38.5 Å². The highest BCUT2D eigenvalue weighted by molar-refractivity contribution is 8.14. The molecule has 26 heavy (non-hydrogen) atoms. The molecule has 3 fully saturated rings. The topological polar surface area (TPSA) is 66.9 Å². The largest absolute Gasteiger partial charge is 0.379 e. The third kappa shape index (κ3) is 2.70. The van der Waals surface area contributed by atoms with Gasteiger partial charge in [-0.05, 0) is 86.9 Å². The Kier molecular flexibility index (Phi) is 4.57. The lowest BCUT2D eigenvalue weighted by molar-refractivity contribution is -0.127. The van der Waals surface area contributed by atoms with E-state index in [9.17, 15) is 4.79 Å². The molecule has 0 unspecified atom stereocenters. The fraction of sp³-hybridized carbons (Fsp3) is 0.818. The Morgan fingerprint density at radius 3 is 2.65 bits per heavy atom. The monoisotopic (exact) mass is 374 g/mol. The van der Waals surface area contributed by atoms with Crippen molar-refractivity contribution >= 4 is 22.7 Å². The van der Waals surface area contributed by atoms with Crippen molar-refractivity contribution in [3.63, 3.8) is 0 Å². The minimum atomic E-state index is 0.246. The SMILES string of the molecule is CC(=O)[C@H]1CC[C@H]2[C@@H]3CC=C4C[C@@H](SC(=N)N)CC[C@]4(C)[C@H]3CC[C@]12C. The van der Waals surface area contributed by atoms with Crippen LogP contribution in [0.4, 0.5) is 0 Å². The molecule has 4 rings (SSSR count). The standard InChI is InChI=1S/C22H34N2OS/c1-13(25)17-6-7-18-16-5-4-14-12-15(26-20(23)24)8-10-21(14,2)19(16)9-11-22(17,18)3/h4,15-19H,5-12H2,1-3H3,(H3,23,24)/t15-,16-,17+,18-,19-,21-,22+/m0/s1. The molecular weight excluding hydrogens is 340 g/mol. The number of ketones is 1. The van der Waals surface area contributed by atoms with Gasteiger partial charge in [0.2, 0.25) is 0 Å². The first kappa shape index (κ1) is 18.6. The number of amidine groups is 1. The van der Waals surface area contributed by atoms with Gasteiger partial charge >= 0.3 is 0 Å². The Morgan fingerprint density at radius 2 is 1.96 bits per heavy atom. The van der Waals surface area contributed by atoms with Gasteiger partial charge in [0.25, 0.3) is 0 Å². The first-order valence-electron chi connectivity index (χ1n) is 10.5. The summed E-state index contributed by atoms with van der Waals surface area (Å²) < 4.78 is 0. The predicted molar refractivity (Wildman–Crippen MR) is 109 cm³/mol. The van der Waals surface area contributed by atoms with Gasteiger partial charge in [-0.3, -0.25) is 10.2 Å². The highest BCUT2D eigenvalue weighted by Crippen LogP contribution is 2.66. The Labute approximate surface area is 162 Å². The molecule has 7 atom stereocenters. The van der Waals surface area contributed by atoms with Crippen molar-refractivity contribution < 1.29 is 4.79 Å². The molecule has 0 aromatic carbocycles. The van der Waals surface area contributed by atoms with Crippen LogP contribution in [0, 0.1) is 39.9 Å². The quantitative estimate of drug-likeness (QED) is 0.399. The Bertz CT molecular complexity index is 659. The average molecular weight is 375 g/mol. The van der Waals surface area contributed by atoms with Gasteiger partial charge in [0.1, 0.15) is 5.78 Å². The highest BCUT2D eigenvalue weighted by Gasteiger charge is 2.59. The van der Waals surface area contributed by atoms with E-state index in [0.717, 1.165) is 30.6 Å². The van der Waals surface area contributed by atoms with Crippen molar-refractivity contribution in [1.29, 1.82) is 5.41 Å². The second kappa shape index (κ2) is 6.39. The molecule has 0 aromatic heterocycles. The highest BCUT2D eigenvalue weighted by atomic mass is 32.2. The van der Waals surface area contributed by atoms with E-state index < -0.39 is 0 Å². The minimum absolute atomic E-state index is 0.246. The number of Topliss-reactive ketones (excluding diaryl/α,β-unsaturated/α-hetero) is 1. The number of carbonyl (C=O) groups is 1. The van der Waals surface area contributed by atoms with E-state index in [-0.39, 0.29) is 10.6 Å². The van der Waals surface area contributed by atoms with E-state index in [2.05, 4.69) is 19.9 Å². The zero-order chi connectivity index (χ0) is 18.7. The molecule has 3 nitrogen and oxygen atoms in total. The molecule has 4 aliphatic rings. The van der Waals surface area contributed by atoms with Gasteiger partial charge in [0, 0.05) is 11.2 Å². The Balaban J connectivity index is 1.59. The molecule has 144 valence electrons. The van der Waals surface area contributed by atoms with Crippen LogP contribution in [0.5, 0.6) is 0 Å². The van der Waals surface area contributed by atoms with Crippen LogP contribution in [0.1, 0.15) is 72.1 Å². The predicted octanol–water partition coefficient (Wildman–Crippen LogP) is 5.15. The van der Waals surface area contributed by atoms with Crippen LogP contribution in [-0.4, -0.2) is 16.2 Å². The van der Waals surface area contributed by atoms with Gasteiger partial charge in [-0.1, -0.05) is 37.3 Å². The maximum Gasteiger partial charge on any atom is 0.151 e. The molecule has 3 N–H and O–H groups in total. The Morgan fingerprint density at radius 1 is 1.19 bits per heavy atom. The number of hydrogen-bond donors (Lipinski definition) is 2. The number of fused-ring (bicyclic) bond motifs is 5. The second-order valence-corrected chi connectivity index (χ2v) is 11.2. The fourth-order valence-electron chi connectivity index (χ4n) is 7.58. The van der Waals surface area contributed by atoms with Gasteiger partial charge in [0.15, 0.2) is 5.17 Å². The average Bonchev–Trinajstić information content (AvgIpc) is 2.92. The van der Waals surface area contributed by atoms with Gasteiger partial charge in [0.05, 0.1) is 0 Å². The summed E-state index contributed by atoms with van der Waals surface area (Å²) in [4.78, 5) is 12.2. The van der Waals surface area contributed by atoms with Crippen molar-refractivity contribution in [3.05, 3.63) is 11.6 Å². The molecule has 0 amide bonds. The van der Waals surface area contributed by atoms with Crippen molar-refractivity contribution in [2.75, 3.05) is 0 Å². The van der Waals surface area contributed by atoms with Crippen LogP contribution in [0.3, 0.4) is 0 Å². The number of allylic oxidation sites excluding steroid dienone is 2. The summed E-state index contributed by atoms with van der Waals surface area (Å²) in [5.74, 6) is 3.01. The minimum Gasteiger partial charge on any atom is -0.379 e. The van der Waals surface area contributed by atoms with E-state index in [1.807, 2.05) is 6.92 Å². The molecule has 0 radical (unpaired) electrons. The number of hydrogen-bond acceptors (Lipinski definition) is 3. The molecule has 0 aromatic rings. The van der Waals surface area contributed by atoms with Crippen molar-refractivity contribution in [2.24, 2.45) is 40.2 Å². The number of nitrogens with one attached hydrogen (secondary N) is 1. The summed E-state index contributed by atoms with van der Waals surface area (Å²) in [7, 11) is 0. The molecule has 0 heterocycles. The molecule has 4 aliphatic carbocycles. The van der Waals surface area contributed by atoms with Crippen LogP contribution in [-0.2, 0) is 4.79 Å². The van der Waals surface area contributed by atoms with Crippen LogP contribution in [0.15, 0.2) is 11.6 Å².